The molecule has 0 radical (unpaired) electrons. The van der Waals surface area contributed by atoms with E-state index in [1.54, 1.807) is 24.3 Å². The summed E-state index contributed by atoms with van der Waals surface area (Å²) >= 11 is 3.21. The fourth-order valence-electron chi connectivity index (χ4n) is 1.26. The first kappa shape index (κ1) is 15.5. The van der Waals surface area contributed by atoms with Crippen LogP contribution in [0.4, 0.5) is 13.2 Å². The zero-order valence-electron chi connectivity index (χ0n) is 9.24. The quantitative estimate of drug-likeness (QED) is 0.620. The molecule has 0 amide bonds. The second-order valence-electron chi connectivity index (χ2n) is 3.64. The molecule has 3 nitrogen and oxygen atoms in total. The zero-order chi connectivity index (χ0) is 14.0. The highest BCUT2D eigenvalue weighted by molar-refractivity contribution is 9.10. The fraction of sp³-hybridized carbons (Fsp3) is 0.400. The van der Waals surface area contributed by atoms with Crippen molar-refractivity contribution in [3.8, 4) is 0 Å². The van der Waals surface area contributed by atoms with E-state index in [1.165, 1.54) is 6.92 Å². The SMILES string of the molecule is CC(Cc1ccc(Br)cc1)OS(=O)(=O)C(F)(F)F. The largest absolute Gasteiger partial charge is 0.523 e. The van der Waals surface area contributed by atoms with Gasteiger partial charge >= 0.3 is 15.6 Å². The van der Waals surface area contributed by atoms with E-state index in [2.05, 4.69) is 20.1 Å². The summed E-state index contributed by atoms with van der Waals surface area (Å²) < 4.78 is 62.6. The predicted molar refractivity (Wildman–Crippen MR) is 63.4 cm³/mol. The molecule has 0 aliphatic heterocycles. The van der Waals surface area contributed by atoms with Crippen LogP contribution in [0, 0.1) is 0 Å². The molecule has 0 aliphatic carbocycles. The lowest BCUT2D eigenvalue weighted by Gasteiger charge is -2.14. The molecule has 0 N–H and O–H groups in total. The van der Waals surface area contributed by atoms with Crippen molar-refractivity contribution in [2.45, 2.75) is 25.0 Å². The minimum Gasteiger partial charge on any atom is -0.260 e. The Labute approximate surface area is 111 Å². The van der Waals surface area contributed by atoms with E-state index < -0.39 is 21.7 Å². The average molecular weight is 347 g/mol. The highest BCUT2D eigenvalue weighted by Crippen LogP contribution is 2.26. The van der Waals surface area contributed by atoms with Crippen LogP contribution < -0.4 is 0 Å². The molecule has 0 aliphatic rings. The van der Waals surface area contributed by atoms with Gasteiger partial charge in [-0.1, -0.05) is 28.1 Å². The molecular formula is C10H10BrF3O3S. The van der Waals surface area contributed by atoms with Gasteiger partial charge in [0.15, 0.2) is 0 Å². The minimum absolute atomic E-state index is 0.0720. The lowest BCUT2D eigenvalue weighted by Crippen LogP contribution is -2.29. The van der Waals surface area contributed by atoms with Gasteiger partial charge in [-0.05, 0) is 31.0 Å². The van der Waals surface area contributed by atoms with E-state index in [4.69, 9.17) is 0 Å². The van der Waals surface area contributed by atoms with Gasteiger partial charge in [-0.2, -0.15) is 21.6 Å². The van der Waals surface area contributed by atoms with Crippen molar-refractivity contribution in [3.63, 3.8) is 0 Å². The van der Waals surface area contributed by atoms with Gasteiger partial charge in [0.2, 0.25) is 0 Å². The molecule has 0 saturated carbocycles. The zero-order valence-corrected chi connectivity index (χ0v) is 11.6. The third kappa shape index (κ3) is 4.25. The molecule has 1 unspecified atom stereocenters. The minimum atomic E-state index is -5.53. The van der Waals surface area contributed by atoms with Gasteiger partial charge in [-0.25, -0.2) is 0 Å². The summed E-state index contributed by atoms with van der Waals surface area (Å²) in [6.07, 6.45) is -1.01. The highest BCUT2D eigenvalue weighted by Gasteiger charge is 2.48. The molecule has 0 aromatic heterocycles. The van der Waals surface area contributed by atoms with Crippen molar-refractivity contribution < 1.29 is 25.8 Å². The maximum absolute atomic E-state index is 12.1. The van der Waals surface area contributed by atoms with Crippen LogP contribution in [-0.2, 0) is 20.7 Å². The lowest BCUT2D eigenvalue weighted by atomic mass is 10.1. The van der Waals surface area contributed by atoms with Crippen molar-refractivity contribution >= 4 is 26.0 Å². The summed E-state index contributed by atoms with van der Waals surface area (Å²) in [6, 6.07) is 6.76. The Morgan fingerprint density at radius 1 is 1.28 bits per heavy atom. The van der Waals surface area contributed by atoms with Crippen molar-refractivity contribution in [3.05, 3.63) is 34.3 Å². The summed E-state index contributed by atoms with van der Waals surface area (Å²) in [5, 5.41) is 0. The summed E-state index contributed by atoms with van der Waals surface area (Å²) in [5.74, 6) is 0. The fourth-order valence-corrected chi connectivity index (χ4v) is 2.13. The standard InChI is InChI=1S/C10H10BrF3O3S/c1-7(17-18(15,16)10(12,13)14)6-8-2-4-9(11)5-3-8/h2-5,7H,6H2,1H3. The van der Waals surface area contributed by atoms with Crippen molar-refractivity contribution in [2.75, 3.05) is 0 Å². The number of rotatable bonds is 4. The van der Waals surface area contributed by atoms with Crippen molar-refractivity contribution in [1.82, 2.24) is 0 Å². The molecule has 1 aromatic rings. The van der Waals surface area contributed by atoms with Gasteiger partial charge in [0.1, 0.15) is 0 Å². The molecule has 0 bridgehead atoms. The van der Waals surface area contributed by atoms with Crippen LogP contribution in [0.25, 0.3) is 0 Å². The van der Waals surface area contributed by atoms with Gasteiger partial charge in [0.05, 0.1) is 6.10 Å². The Morgan fingerprint density at radius 3 is 2.22 bits per heavy atom. The molecule has 1 rings (SSSR count). The first-order chi connectivity index (χ1) is 8.12. The number of benzene rings is 1. The van der Waals surface area contributed by atoms with Gasteiger partial charge in [-0.3, -0.25) is 4.18 Å². The molecule has 102 valence electrons. The summed E-state index contributed by atoms with van der Waals surface area (Å²) in [5.41, 5.74) is -4.70. The molecule has 18 heavy (non-hydrogen) atoms. The second kappa shape index (κ2) is 5.58. The second-order valence-corrected chi connectivity index (χ2v) is 6.12. The Kier molecular flexibility index (Phi) is 4.79. The van der Waals surface area contributed by atoms with E-state index in [9.17, 15) is 21.6 Å². The van der Waals surface area contributed by atoms with E-state index in [1.807, 2.05) is 0 Å². The monoisotopic (exact) mass is 346 g/mol. The van der Waals surface area contributed by atoms with E-state index in [0.29, 0.717) is 5.56 Å². The topological polar surface area (TPSA) is 43.4 Å². The molecule has 0 saturated heterocycles. The van der Waals surface area contributed by atoms with Gasteiger partial charge < -0.3 is 0 Å². The van der Waals surface area contributed by atoms with Crippen LogP contribution in [0.1, 0.15) is 12.5 Å². The highest BCUT2D eigenvalue weighted by atomic mass is 79.9. The van der Waals surface area contributed by atoms with E-state index in [-0.39, 0.29) is 6.42 Å². The van der Waals surface area contributed by atoms with Crippen LogP contribution in [0.3, 0.4) is 0 Å². The van der Waals surface area contributed by atoms with Crippen molar-refractivity contribution in [2.24, 2.45) is 0 Å². The molecular weight excluding hydrogens is 337 g/mol. The van der Waals surface area contributed by atoms with Crippen LogP contribution in [0.2, 0.25) is 0 Å². The Balaban J connectivity index is 2.68. The number of alkyl halides is 3. The summed E-state index contributed by atoms with van der Waals surface area (Å²) in [4.78, 5) is 0. The van der Waals surface area contributed by atoms with E-state index in [0.717, 1.165) is 4.47 Å². The van der Waals surface area contributed by atoms with Crippen LogP contribution in [0.15, 0.2) is 28.7 Å². The lowest BCUT2D eigenvalue weighted by molar-refractivity contribution is -0.0567. The normalized spacial score (nSPS) is 14.5. The Hall–Kier alpha value is -0.600. The maximum Gasteiger partial charge on any atom is 0.523 e. The Bertz CT molecular complexity index is 496. The smallest absolute Gasteiger partial charge is 0.260 e. The van der Waals surface area contributed by atoms with Crippen LogP contribution >= 0.6 is 15.9 Å². The summed E-state index contributed by atoms with van der Waals surface area (Å²) in [6.45, 7) is 1.27. The Morgan fingerprint density at radius 2 is 1.78 bits per heavy atom. The molecule has 1 aromatic carbocycles. The number of hydrogen-bond acceptors (Lipinski definition) is 3. The first-order valence-electron chi connectivity index (χ1n) is 4.86. The molecule has 1 atom stereocenters. The van der Waals surface area contributed by atoms with Gasteiger partial charge in [0, 0.05) is 4.47 Å². The number of halogens is 4. The predicted octanol–water partition coefficient (Wildman–Crippen LogP) is 3.25. The van der Waals surface area contributed by atoms with Gasteiger partial charge in [0.25, 0.3) is 0 Å². The number of hydrogen-bond donors (Lipinski definition) is 0. The average Bonchev–Trinajstić information content (AvgIpc) is 2.19. The molecule has 0 spiro atoms. The maximum atomic E-state index is 12.1. The third-order valence-corrected chi connectivity index (χ3v) is 3.69. The third-order valence-electron chi connectivity index (χ3n) is 2.01. The first-order valence-corrected chi connectivity index (χ1v) is 7.06. The van der Waals surface area contributed by atoms with Crippen LogP contribution in [-0.4, -0.2) is 20.0 Å². The van der Waals surface area contributed by atoms with Crippen molar-refractivity contribution in [1.29, 1.82) is 0 Å². The molecule has 0 heterocycles. The molecule has 8 heteroatoms. The molecule has 0 fully saturated rings. The van der Waals surface area contributed by atoms with Crippen LogP contribution in [0.5, 0.6) is 0 Å². The summed E-state index contributed by atoms with van der Waals surface area (Å²) in [7, 11) is -5.53. The van der Waals surface area contributed by atoms with Gasteiger partial charge in [-0.15, -0.1) is 0 Å². The van der Waals surface area contributed by atoms with E-state index >= 15 is 0 Å².